The maximum Gasteiger partial charge on any atom is 0.0562 e. The van der Waals surface area contributed by atoms with Gasteiger partial charge in [0.15, 0.2) is 0 Å². The first kappa shape index (κ1) is 26.7. The molecule has 0 spiro atoms. The second-order valence-electron chi connectivity index (χ2n) is 11.4. The maximum absolute atomic E-state index is 2.49. The van der Waals surface area contributed by atoms with Crippen molar-refractivity contribution in [1.82, 2.24) is 4.57 Å². The lowest BCUT2D eigenvalue weighted by Crippen LogP contribution is -2.13. The van der Waals surface area contributed by atoms with Crippen molar-refractivity contribution >= 4 is 38.9 Å². The largest absolute Gasteiger partial charge is 0.309 e. The highest BCUT2D eigenvalue weighted by atomic mass is 15.2. The minimum Gasteiger partial charge on any atom is -0.309 e. The van der Waals surface area contributed by atoms with E-state index in [0.717, 1.165) is 22.7 Å². The van der Waals surface area contributed by atoms with Crippen LogP contribution in [-0.4, -0.2) is 4.57 Å². The molecule has 8 aromatic rings. The predicted molar refractivity (Wildman–Crippen MR) is 191 cm³/mol. The van der Waals surface area contributed by atoms with Crippen molar-refractivity contribution in [3.8, 4) is 27.9 Å². The standard InChI is InChI=1S/C43H32N2/c1-31-17-15-28-39(42(31)33-20-7-3-8-21-33)45(37-26-13-11-24-35(37)32-18-5-2-6-19-32)41-30-16-29-40-43(41)36-25-12-14-27-38(36)44(40)34-22-9-4-10-23-34/h2-30H,1H3. The molecule has 0 aliphatic heterocycles. The van der Waals surface area contributed by atoms with Crippen molar-refractivity contribution in [2.75, 3.05) is 4.90 Å². The topological polar surface area (TPSA) is 8.17 Å². The molecule has 214 valence electrons. The molecule has 7 aromatic carbocycles. The monoisotopic (exact) mass is 576 g/mol. The highest BCUT2D eigenvalue weighted by Gasteiger charge is 2.25. The van der Waals surface area contributed by atoms with Gasteiger partial charge in [-0.1, -0.05) is 133 Å². The van der Waals surface area contributed by atoms with Crippen molar-refractivity contribution in [1.29, 1.82) is 0 Å². The molecular weight excluding hydrogens is 544 g/mol. The third-order valence-electron chi connectivity index (χ3n) is 8.71. The van der Waals surface area contributed by atoms with E-state index in [0.29, 0.717) is 0 Å². The summed E-state index contributed by atoms with van der Waals surface area (Å²) >= 11 is 0. The van der Waals surface area contributed by atoms with Crippen molar-refractivity contribution in [2.45, 2.75) is 6.92 Å². The summed E-state index contributed by atoms with van der Waals surface area (Å²) in [6.45, 7) is 2.22. The summed E-state index contributed by atoms with van der Waals surface area (Å²) in [5, 5.41) is 2.45. The lowest BCUT2D eigenvalue weighted by atomic mass is 9.95. The Labute approximate surface area is 264 Å². The molecule has 0 amide bonds. The van der Waals surface area contributed by atoms with Crippen LogP contribution in [0, 0.1) is 6.92 Å². The Morgan fingerprint density at radius 3 is 1.76 bits per heavy atom. The molecule has 0 atom stereocenters. The number of anilines is 3. The molecule has 0 radical (unpaired) electrons. The van der Waals surface area contributed by atoms with Crippen LogP contribution in [0.4, 0.5) is 17.1 Å². The molecular formula is C43H32N2. The molecule has 45 heavy (non-hydrogen) atoms. The number of hydrogen-bond donors (Lipinski definition) is 0. The van der Waals surface area contributed by atoms with Crippen LogP contribution in [0.1, 0.15) is 5.56 Å². The van der Waals surface area contributed by atoms with Gasteiger partial charge in [0.1, 0.15) is 0 Å². The molecule has 2 nitrogen and oxygen atoms in total. The van der Waals surface area contributed by atoms with Crippen molar-refractivity contribution in [3.63, 3.8) is 0 Å². The van der Waals surface area contributed by atoms with Crippen LogP contribution in [0.25, 0.3) is 49.7 Å². The second kappa shape index (κ2) is 11.3. The van der Waals surface area contributed by atoms with Gasteiger partial charge in [0.05, 0.1) is 28.1 Å². The van der Waals surface area contributed by atoms with Gasteiger partial charge in [-0.3, -0.25) is 0 Å². The van der Waals surface area contributed by atoms with E-state index in [9.17, 15) is 0 Å². The maximum atomic E-state index is 2.49. The minimum absolute atomic E-state index is 1.13. The molecule has 1 heterocycles. The highest BCUT2D eigenvalue weighted by Crippen LogP contribution is 2.49. The minimum atomic E-state index is 1.13. The van der Waals surface area contributed by atoms with E-state index in [2.05, 4.69) is 192 Å². The van der Waals surface area contributed by atoms with Crippen LogP contribution in [0.15, 0.2) is 176 Å². The number of fused-ring (bicyclic) bond motifs is 3. The van der Waals surface area contributed by atoms with E-state index in [1.807, 2.05) is 0 Å². The van der Waals surface area contributed by atoms with Gasteiger partial charge in [0.2, 0.25) is 0 Å². The summed E-state index contributed by atoms with van der Waals surface area (Å²) in [6.07, 6.45) is 0. The summed E-state index contributed by atoms with van der Waals surface area (Å²) in [5.41, 5.74) is 13.0. The average molecular weight is 577 g/mol. The molecule has 1 aromatic heterocycles. The Bertz CT molecular complexity index is 2270. The number of aryl methyl sites for hydroxylation is 1. The van der Waals surface area contributed by atoms with Gasteiger partial charge in [-0.2, -0.15) is 0 Å². The number of nitrogens with zero attached hydrogens (tertiary/aromatic N) is 2. The second-order valence-corrected chi connectivity index (χ2v) is 11.4. The van der Waals surface area contributed by atoms with E-state index >= 15 is 0 Å². The zero-order chi connectivity index (χ0) is 30.2. The Kier molecular flexibility index (Phi) is 6.73. The van der Waals surface area contributed by atoms with Crippen LogP contribution in [0.2, 0.25) is 0 Å². The average Bonchev–Trinajstić information content (AvgIpc) is 3.45. The third kappa shape index (κ3) is 4.59. The molecule has 0 bridgehead atoms. The smallest absolute Gasteiger partial charge is 0.0562 e. The van der Waals surface area contributed by atoms with Crippen molar-refractivity contribution in [3.05, 3.63) is 181 Å². The molecule has 8 rings (SSSR count). The van der Waals surface area contributed by atoms with Gasteiger partial charge in [-0.25, -0.2) is 0 Å². The number of rotatable bonds is 6. The first-order valence-corrected chi connectivity index (χ1v) is 15.5. The quantitative estimate of drug-likeness (QED) is 0.191. The zero-order valence-electron chi connectivity index (χ0n) is 25.1. The van der Waals surface area contributed by atoms with E-state index < -0.39 is 0 Å². The SMILES string of the molecule is Cc1cccc(N(c2ccccc2-c2ccccc2)c2cccc3c2c2ccccc2n3-c2ccccc2)c1-c1ccccc1. The Balaban J connectivity index is 1.51. The summed E-state index contributed by atoms with van der Waals surface area (Å²) in [4.78, 5) is 2.49. The molecule has 0 aliphatic rings. The third-order valence-corrected chi connectivity index (χ3v) is 8.71. The normalized spacial score (nSPS) is 11.2. The highest BCUT2D eigenvalue weighted by molar-refractivity contribution is 6.17. The number of benzene rings is 7. The van der Waals surface area contributed by atoms with Gasteiger partial charge < -0.3 is 9.47 Å². The van der Waals surface area contributed by atoms with E-state index in [4.69, 9.17) is 0 Å². The summed E-state index contributed by atoms with van der Waals surface area (Å²) in [5.74, 6) is 0. The first-order chi connectivity index (χ1) is 22.3. The van der Waals surface area contributed by atoms with Gasteiger partial charge in [0, 0.05) is 27.6 Å². The fourth-order valence-electron chi connectivity index (χ4n) is 6.78. The van der Waals surface area contributed by atoms with Crippen LogP contribution in [0.5, 0.6) is 0 Å². The molecule has 2 heteroatoms. The lowest BCUT2D eigenvalue weighted by Gasteiger charge is -2.31. The summed E-state index contributed by atoms with van der Waals surface area (Å²) in [6, 6.07) is 63.1. The summed E-state index contributed by atoms with van der Waals surface area (Å²) in [7, 11) is 0. The van der Waals surface area contributed by atoms with E-state index in [1.54, 1.807) is 0 Å². The molecule has 0 aliphatic carbocycles. The van der Waals surface area contributed by atoms with Gasteiger partial charge in [-0.05, 0) is 66.1 Å². The lowest BCUT2D eigenvalue weighted by molar-refractivity contribution is 1.18. The number of aromatic nitrogens is 1. The Morgan fingerprint density at radius 2 is 0.978 bits per heavy atom. The molecule has 0 saturated heterocycles. The zero-order valence-corrected chi connectivity index (χ0v) is 25.1. The van der Waals surface area contributed by atoms with E-state index in [-0.39, 0.29) is 0 Å². The van der Waals surface area contributed by atoms with Crippen LogP contribution >= 0.6 is 0 Å². The van der Waals surface area contributed by atoms with Crippen molar-refractivity contribution < 1.29 is 0 Å². The predicted octanol–water partition coefficient (Wildman–Crippen LogP) is 11.9. The van der Waals surface area contributed by atoms with E-state index in [1.165, 1.54) is 49.6 Å². The molecule has 0 unspecified atom stereocenters. The fraction of sp³-hybridized carbons (Fsp3) is 0.0233. The van der Waals surface area contributed by atoms with Crippen LogP contribution < -0.4 is 4.90 Å². The molecule has 0 N–H and O–H groups in total. The number of para-hydroxylation sites is 3. The molecule has 0 fully saturated rings. The number of hydrogen-bond acceptors (Lipinski definition) is 1. The van der Waals surface area contributed by atoms with Gasteiger partial charge in [0.25, 0.3) is 0 Å². The Hall–Kier alpha value is -5.86. The van der Waals surface area contributed by atoms with Gasteiger partial charge in [-0.15, -0.1) is 0 Å². The van der Waals surface area contributed by atoms with Crippen molar-refractivity contribution in [2.24, 2.45) is 0 Å². The Morgan fingerprint density at radius 1 is 0.422 bits per heavy atom. The van der Waals surface area contributed by atoms with Crippen LogP contribution in [-0.2, 0) is 0 Å². The summed E-state index contributed by atoms with van der Waals surface area (Å²) < 4.78 is 2.39. The fourth-order valence-corrected chi connectivity index (χ4v) is 6.78. The first-order valence-electron chi connectivity index (χ1n) is 15.5. The van der Waals surface area contributed by atoms with Gasteiger partial charge >= 0.3 is 0 Å². The van der Waals surface area contributed by atoms with Crippen LogP contribution in [0.3, 0.4) is 0 Å². The molecule has 0 saturated carbocycles.